The number of para-hydroxylation sites is 1. The molecule has 1 N–H and O–H groups in total. The quantitative estimate of drug-likeness (QED) is 0.925. The van der Waals surface area contributed by atoms with Gasteiger partial charge in [-0.25, -0.2) is 0 Å². The van der Waals surface area contributed by atoms with Crippen LogP contribution in [0.3, 0.4) is 0 Å². The second kappa shape index (κ2) is 5.74. The normalized spacial score (nSPS) is 23.2. The zero-order valence-corrected chi connectivity index (χ0v) is 12.7. The number of fused-ring (bicyclic) bond motifs is 2. The molecular formula is C18H19NOS. The smallest absolute Gasteiger partial charge is 0.124 e. The van der Waals surface area contributed by atoms with E-state index in [1.165, 1.54) is 21.8 Å². The molecule has 2 aliphatic heterocycles. The average molecular weight is 297 g/mol. The molecule has 0 amide bonds. The van der Waals surface area contributed by atoms with Crippen LogP contribution in [0.5, 0.6) is 5.75 Å². The largest absolute Gasteiger partial charge is 0.493 e. The molecule has 0 spiro atoms. The fourth-order valence-corrected chi connectivity index (χ4v) is 4.49. The van der Waals surface area contributed by atoms with Gasteiger partial charge in [0.05, 0.1) is 6.61 Å². The Balaban J connectivity index is 1.47. The fraction of sp³-hybridized carbons (Fsp3) is 0.333. The van der Waals surface area contributed by atoms with Crippen LogP contribution in [0.2, 0.25) is 0 Å². The highest BCUT2D eigenvalue weighted by Gasteiger charge is 2.25. The van der Waals surface area contributed by atoms with E-state index < -0.39 is 0 Å². The van der Waals surface area contributed by atoms with Gasteiger partial charge < -0.3 is 10.1 Å². The summed E-state index contributed by atoms with van der Waals surface area (Å²) in [4.78, 5) is 1.46. The number of hydrogen-bond acceptors (Lipinski definition) is 3. The van der Waals surface area contributed by atoms with Gasteiger partial charge in [-0.2, -0.15) is 0 Å². The van der Waals surface area contributed by atoms with Crippen LogP contribution in [-0.4, -0.2) is 18.9 Å². The van der Waals surface area contributed by atoms with Crippen molar-refractivity contribution in [3.8, 4) is 5.75 Å². The van der Waals surface area contributed by atoms with Crippen molar-refractivity contribution >= 4 is 11.8 Å². The lowest BCUT2D eigenvalue weighted by Gasteiger charge is -2.27. The predicted octanol–water partition coefficient (Wildman–Crippen LogP) is 3.99. The molecule has 2 heterocycles. The summed E-state index contributed by atoms with van der Waals surface area (Å²) in [5.41, 5.74) is 2.82. The number of hydrogen-bond donors (Lipinski definition) is 1. The monoisotopic (exact) mass is 297 g/mol. The maximum Gasteiger partial charge on any atom is 0.124 e. The first-order chi connectivity index (χ1) is 10.4. The molecule has 2 nitrogen and oxygen atoms in total. The summed E-state index contributed by atoms with van der Waals surface area (Å²) in [6, 6.07) is 17.6. The molecule has 0 aromatic heterocycles. The van der Waals surface area contributed by atoms with Crippen LogP contribution >= 0.6 is 11.8 Å². The number of ether oxygens (including phenoxy) is 1. The Labute approximate surface area is 129 Å². The van der Waals surface area contributed by atoms with E-state index >= 15 is 0 Å². The number of thioether (sulfide) groups is 1. The molecule has 21 heavy (non-hydrogen) atoms. The summed E-state index contributed by atoms with van der Waals surface area (Å²) in [5, 5.41) is 3.77. The Hall–Kier alpha value is -1.45. The molecular weight excluding hydrogens is 278 g/mol. The van der Waals surface area contributed by atoms with Gasteiger partial charge in [-0.1, -0.05) is 36.4 Å². The van der Waals surface area contributed by atoms with Gasteiger partial charge in [0.25, 0.3) is 0 Å². The third-order valence-corrected chi connectivity index (χ3v) is 5.62. The van der Waals surface area contributed by atoms with Crippen LogP contribution < -0.4 is 10.1 Å². The summed E-state index contributed by atoms with van der Waals surface area (Å²) in [7, 11) is 0. The SMILES string of the molecule is c1ccc2c(c1)OCCC2NCC1CSc2ccccc21. The molecule has 2 aliphatic rings. The van der Waals surface area contributed by atoms with Crippen LogP contribution in [0.4, 0.5) is 0 Å². The van der Waals surface area contributed by atoms with Crippen LogP contribution in [0, 0.1) is 0 Å². The molecule has 0 bridgehead atoms. The maximum atomic E-state index is 5.74. The first-order valence-corrected chi connectivity index (χ1v) is 8.57. The summed E-state index contributed by atoms with van der Waals surface area (Å²) >= 11 is 1.98. The van der Waals surface area contributed by atoms with Gasteiger partial charge in [-0.05, 0) is 17.7 Å². The lowest BCUT2D eigenvalue weighted by Crippen LogP contribution is -2.30. The van der Waals surface area contributed by atoms with E-state index in [0.29, 0.717) is 12.0 Å². The zero-order valence-electron chi connectivity index (χ0n) is 11.9. The van der Waals surface area contributed by atoms with Gasteiger partial charge in [0.2, 0.25) is 0 Å². The molecule has 0 fully saturated rings. The molecule has 2 aromatic rings. The van der Waals surface area contributed by atoms with E-state index in [2.05, 4.69) is 47.8 Å². The Bertz CT molecular complexity index is 643. The summed E-state index contributed by atoms with van der Waals surface area (Å²) in [6.07, 6.45) is 1.05. The molecule has 0 saturated carbocycles. The van der Waals surface area contributed by atoms with Crippen LogP contribution in [0.25, 0.3) is 0 Å². The zero-order chi connectivity index (χ0) is 14.1. The molecule has 3 heteroatoms. The Morgan fingerprint density at radius 3 is 2.81 bits per heavy atom. The van der Waals surface area contributed by atoms with Crippen molar-refractivity contribution in [2.75, 3.05) is 18.9 Å². The lowest BCUT2D eigenvalue weighted by atomic mass is 9.97. The van der Waals surface area contributed by atoms with Gasteiger partial charge in [0.15, 0.2) is 0 Å². The molecule has 4 rings (SSSR count). The molecule has 2 unspecified atom stereocenters. The first kappa shape index (κ1) is 13.2. The maximum absolute atomic E-state index is 5.74. The van der Waals surface area contributed by atoms with Crippen molar-refractivity contribution in [1.29, 1.82) is 0 Å². The second-order valence-corrected chi connectivity index (χ2v) is 6.74. The molecule has 0 radical (unpaired) electrons. The summed E-state index contributed by atoms with van der Waals surface area (Å²) in [6.45, 7) is 1.85. The van der Waals surface area contributed by atoms with Crippen LogP contribution in [0.1, 0.15) is 29.5 Å². The van der Waals surface area contributed by atoms with E-state index in [0.717, 1.165) is 25.3 Å². The summed E-state index contributed by atoms with van der Waals surface area (Å²) in [5.74, 6) is 2.86. The number of benzene rings is 2. The Morgan fingerprint density at radius 1 is 1.05 bits per heavy atom. The molecule has 0 saturated heterocycles. The lowest BCUT2D eigenvalue weighted by molar-refractivity contribution is 0.252. The van der Waals surface area contributed by atoms with Gasteiger partial charge >= 0.3 is 0 Å². The Kier molecular flexibility index (Phi) is 3.62. The highest BCUT2D eigenvalue weighted by atomic mass is 32.2. The van der Waals surface area contributed by atoms with E-state index in [4.69, 9.17) is 4.74 Å². The van der Waals surface area contributed by atoms with E-state index in [1.807, 2.05) is 17.8 Å². The van der Waals surface area contributed by atoms with Gasteiger partial charge in [-0.15, -0.1) is 11.8 Å². The summed E-state index contributed by atoms with van der Waals surface area (Å²) < 4.78 is 5.74. The Morgan fingerprint density at radius 2 is 1.86 bits per heavy atom. The first-order valence-electron chi connectivity index (χ1n) is 7.58. The van der Waals surface area contributed by atoms with Crippen molar-refractivity contribution in [2.24, 2.45) is 0 Å². The van der Waals surface area contributed by atoms with Crippen molar-refractivity contribution in [1.82, 2.24) is 5.32 Å². The van der Waals surface area contributed by atoms with Gasteiger partial charge in [0, 0.05) is 41.1 Å². The predicted molar refractivity (Wildman–Crippen MR) is 87.2 cm³/mol. The van der Waals surface area contributed by atoms with Crippen LogP contribution in [0.15, 0.2) is 53.4 Å². The standard InChI is InChI=1S/C18H19NOS/c1-3-7-17-15(6-1)16(9-10-20-17)19-11-13-12-21-18-8-4-2-5-14(13)18/h1-8,13,16,19H,9-12H2. The highest BCUT2D eigenvalue weighted by molar-refractivity contribution is 7.99. The molecule has 2 atom stereocenters. The number of rotatable bonds is 3. The fourth-order valence-electron chi connectivity index (χ4n) is 3.24. The molecule has 0 aliphatic carbocycles. The van der Waals surface area contributed by atoms with Gasteiger partial charge in [0.1, 0.15) is 5.75 Å². The minimum absolute atomic E-state index is 0.424. The highest BCUT2D eigenvalue weighted by Crippen LogP contribution is 2.39. The second-order valence-electron chi connectivity index (χ2n) is 5.68. The van der Waals surface area contributed by atoms with E-state index in [9.17, 15) is 0 Å². The molecule has 108 valence electrons. The minimum Gasteiger partial charge on any atom is -0.493 e. The number of nitrogens with one attached hydrogen (secondary N) is 1. The van der Waals surface area contributed by atoms with Crippen molar-refractivity contribution in [2.45, 2.75) is 23.3 Å². The third-order valence-electron chi connectivity index (χ3n) is 4.37. The molecule has 2 aromatic carbocycles. The topological polar surface area (TPSA) is 21.3 Å². The van der Waals surface area contributed by atoms with Crippen molar-refractivity contribution in [3.63, 3.8) is 0 Å². The van der Waals surface area contributed by atoms with Gasteiger partial charge in [-0.3, -0.25) is 0 Å². The minimum atomic E-state index is 0.424. The van der Waals surface area contributed by atoms with Crippen LogP contribution in [-0.2, 0) is 0 Å². The third kappa shape index (κ3) is 2.56. The van der Waals surface area contributed by atoms with E-state index in [-0.39, 0.29) is 0 Å². The van der Waals surface area contributed by atoms with E-state index in [1.54, 1.807) is 0 Å². The average Bonchev–Trinajstić information content (AvgIpc) is 2.96. The van der Waals surface area contributed by atoms with Crippen molar-refractivity contribution < 1.29 is 4.74 Å². The van der Waals surface area contributed by atoms with Crippen molar-refractivity contribution in [3.05, 3.63) is 59.7 Å².